The number of nitrogens with zero attached hydrogens (tertiary/aromatic N) is 1. The molecule has 1 aliphatic heterocycles. The first-order chi connectivity index (χ1) is 18.2. The summed E-state index contributed by atoms with van der Waals surface area (Å²) < 4.78 is 26.6. The number of aliphatic hydroxyl groups is 2. The summed E-state index contributed by atoms with van der Waals surface area (Å²) in [6.45, 7) is 3.63. The number of methoxy groups -OCH3 is 1. The van der Waals surface area contributed by atoms with E-state index in [0.29, 0.717) is 56.7 Å². The van der Waals surface area contributed by atoms with Crippen LogP contribution in [0.5, 0.6) is 11.5 Å². The predicted molar refractivity (Wildman–Crippen MR) is 144 cm³/mol. The molecule has 38 heavy (non-hydrogen) atoms. The molecule has 5 atom stereocenters. The average Bonchev–Trinajstić information content (AvgIpc) is 3.23. The molecule has 0 unspecified atom stereocenters. The van der Waals surface area contributed by atoms with Crippen molar-refractivity contribution in [3.63, 3.8) is 0 Å². The molecular weight excluding hydrogens is 487 g/mol. The first-order valence-corrected chi connectivity index (χ1v) is 13.6. The zero-order valence-corrected chi connectivity index (χ0v) is 22.4. The number of likely N-dealkylation sites (tertiary alicyclic amines) is 1. The van der Waals surface area contributed by atoms with Crippen LogP contribution >= 0.6 is 0 Å². The lowest BCUT2D eigenvalue weighted by atomic mass is 9.73. The molecule has 8 heteroatoms. The summed E-state index contributed by atoms with van der Waals surface area (Å²) in [7, 11) is 1.64. The van der Waals surface area contributed by atoms with Gasteiger partial charge in [-0.3, -0.25) is 4.90 Å². The van der Waals surface area contributed by atoms with Gasteiger partial charge in [0.1, 0.15) is 12.0 Å². The molecule has 1 aliphatic carbocycles. The van der Waals surface area contributed by atoms with E-state index in [1.807, 2.05) is 19.1 Å². The Morgan fingerprint density at radius 2 is 1.97 bits per heavy atom. The molecule has 2 aliphatic rings. The van der Waals surface area contributed by atoms with Gasteiger partial charge < -0.3 is 30.2 Å². The Morgan fingerprint density at radius 1 is 1.21 bits per heavy atom. The average molecular weight is 529 g/mol. The SMILES string of the molecule is COCCCC[C@@](O)(c1cccc(F)c1Oc1ccc(C)cc1)[C@@H]1CCCN([C@@]2(C=O)C[C@@H](N)[C@@H](O)C2)C1. The predicted octanol–water partition coefficient (Wildman–Crippen LogP) is 4.06. The third-order valence-corrected chi connectivity index (χ3v) is 8.42. The number of para-hydroxylation sites is 1. The minimum atomic E-state index is -1.40. The third kappa shape index (κ3) is 5.95. The largest absolute Gasteiger partial charge is 0.454 e. The van der Waals surface area contributed by atoms with Gasteiger partial charge in [0.15, 0.2) is 11.6 Å². The molecule has 4 rings (SSSR count). The van der Waals surface area contributed by atoms with Crippen LogP contribution in [0.4, 0.5) is 4.39 Å². The van der Waals surface area contributed by atoms with Gasteiger partial charge in [0, 0.05) is 44.2 Å². The Labute approximate surface area is 224 Å². The number of rotatable bonds is 11. The van der Waals surface area contributed by atoms with Crippen LogP contribution in [-0.4, -0.2) is 65.9 Å². The van der Waals surface area contributed by atoms with E-state index in [9.17, 15) is 15.0 Å². The molecule has 0 amide bonds. The quantitative estimate of drug-likeness (QED) is 0.298. The van der Waals surface area contributed by atoms with E-state index < -0.39 is 29.1 Å². The van der Waals surface area contributed by atoms with Gasteiger partial charge in [-0.2, -0.15) is 0 Å². The van der Waals surface area contributed by atoms with Gasteiger partial charge >= 0.3 is 0 Å². The molecule has 0 spiro atoms. The molecule has 2 aromatic carbocycles. The van der Waals surface area contributed by atoms with Crippen LogP contribution in [0.3, 0.4) is 0 Å². The second-order valence-corrected chi connectivity index (χ2v) is 11.1. The van der Waals surface area contributed by atoms with Crippen LogP contribution in [0.1, 0.15) is 56.1 Å². The summed E-state index contributed by atoms with van der Waals surface area (Å²) in [5, 5.41) is 22.8. The van der Waals surface area contributed by atoms with E-state index in [0.717, 1.165) is 24.7 Å². The van der Waals surface area contributed by atoms with E-state index >= 15 is 4.39 Å². The fourth-order valence-electron chi connectivity index (χ4n) is 6.22. The number of carbonyl (C=O) groups excluding carboxylic acids is 1. The molecular formula is C30H41FN2O5. The van der Waals surface area contributed by atoms with E-state index in [1.165, 1.54) is 6.07 Å². The molecule has 7 nitrogen and oxygen atoms in total. The van der Waals surface area contributed by atoms with Gasteiger partial charge in [0.2, 0.25) is 0 Å². The second kappa shape index (κ2) is 12.2. The number of aldehydes is 1. The van der Waals surface area contributed by atoms with Gasteiger partial charge in [-0.05, 0) is 70.2 Å². The standard InChI is InChI=1S/C30H41FN2O5/c1-21-10-12-23(13-11-21)38-28-24(8-5-9-25(28)31)30(36,14-3-4-16-37-2)22-7-6-15-33(19-22)29(20-34)17-26(32)27(35)18-29/h5,8-13,20,22,26-27,35-36H,3-4,6-7,14-19,32H2,1-2H3/t22-,26-,27+,29+,30+/m1/s1. The minimum Gasteiger partial charge on any atom is -0.454 e. The van der Waals surface area contributed by atoms with E-state index in [2.05, 4.69) is 4.90 Å². The summed E-state index contributed by atoms with van der Waals surface area (Å²) in [6, 6.07) is 11.6. The van der Waals surface area contributed by atoms with Crippen molar-refractivity contribution in [3.8, 4) is 11.5 Å². The zero-order chi connectivity index (χ0) is 27.3. The van der Waals surface area contributed by atoms with Crippen molar-refractivity contribution in [1.82, 2.24) is 4.90 Å². The number of aliphatic hydroxyl groups excluding tert-OH is 1. The lowest BCUT2D eigenvalue weighted by Gasteiger charge is -2.47. The Morgan fingerprint density at radius 3 is 2.63 bits per heavy atom. The number of piperidine rings is 1. The second-order valence-electron chi connectivity index (χ2n) is 11.1. The third-order valence-electron chi connectivity index (χ3n) is 8.42. The van der Waals surface area contributed by atoms with Crippen LogP contribution in [0, 0.1) is 18.7 Å². The van der Waals surface area contributed by atoms with Crippen LogP contribution in [-0.2, 0) is 15.1 Å². The molecule has 1 saturated heterocycles. The van der Waals surface area contributed by atoms with Gasteiger partial charge in [0.25, 0.3) is 0 Å². The van der Waals surface area contributed by atoms with E-state index in [-0.39, 0.29) is 18.1 Å². The number of halogens is 1. The lowest BCUT2D eigenvalue weighted by Crippen LogP contribution is -2.56. The molecule has 4 N–H and O–H groups in total. The van der Waals surface area contributed by atoms with Crippen LogP contribution in [0.2, 0.25) is 0 Å². The van der Waals surface area contributed by atoms with Crippen molar-refractivity contribution >= 4 is 6.29 Å². The number of hydrogen-bond donors (Lipinski definition) is 3. The summed E-state index contributed by atoms with van der Waals surface area (Å²) >= 11 is 0. The van der Waals surface area contributed by atoms with Gasteiger partial charge in [-0.25, -0.2) is 4.39 Å². The summed E-state index contributed by atoms with van der Waals surface area (Å²) in [5.74, 6) is -0.319. The topological polar surface area (TPSA) is 105 Å². The Hall–Kier alpha value is -2.36. The fourth-order valence-corrected chi connectivity index (χ4v) is 6.22. The summed E-state index contributed by atoms with van der Waals surface area (Å²) in [6.07, 6.45) is 4.09. The number of aryl methyl sites for hydroxylation is 1. The molecule has 0 bridgehead atoms. The highest BCUT2D eigenvalue weighted by Crippen LogP contribution is 2.47. The zero-order valence-electron chi connectivity index (χ0n) is 22.4. The maximum Gasteiger partial charge on any atom is 0.169 e. The van der Waals surface area contributed by atoms with Crippen molar-refractivity contribution in [1.29, 1.82) is 0 Å². The number of carbonyl (C=O) groups is 1. The highest BCUT2D eigenvalue weighted by atomic mass is 19.1. The van der Waals surface area contributed by atoms with Crippen molar-refractivity contribution in [2.45, 2.75) is 75.2 Å². The van der Waals surface area contributed by atoms with Crippen molar-refractivity contribution in [2.75, 3.05) is 26.8 Å². The number of unbranched alkanes of at least 4 members (excludes halogenated alkanes) is 1. The minimum absolute atomic E-state index is 0.0196. The fraction of sp³-hybridized carbons (Fsp3) is 0.567. The highest BCUT2D eigenvalue weighted by Gasteiger charge is 2.51. The molecule has 208 valence electrons. The Bertz CT molecular complexity index is 1070. The molecule has 0 aromatic heterocycles. The van der Waals surface area contributed by atoms with Crippen LogP contribution in [0.25, 0.3) is 0 Å². The van der Waals surface area contributed by atoms with Crippen molar-refractivity contribution < 1.29 is 28.9 Å². The van der Waals surface area contributed by atoms with Crippen LogP contribution < -0.4 is 10.5 Å². The normalized spacial score (nSPS) is 27.7. The molecule has 1 saturated carbocycles. The molecule has 0 radical (unpaired) electrons. The number of ether oxygens (including phenoxy) is 2. The highest BCUT2D eigenvalue weighted by molar-refractivity contribution is 5.65. The van der Waals surface area contributed by atoms with Gasteiger partial charge in [0.05, 0.1) is 17.2 Å². The summed E-state index contributed by atoms with van der Waals surface area (Å²) in [5.41, 5.74) is 5.30. The maximum absolute atomic E-state index is 15.3. The number of benzene rings is 2. The molecule has 2 aromatic rings. The first kappa shape index (κ1) is 28.6. The van der Waals surface area contributed by atoms with Crippen molar-refractivity contribution in [3.05, 3.63) is 59.4 Å². The molecule has 2 fully saturated rings. The van der Waals surface area contributed by atoms with Crippen LogP contribution in [0.15, 0.2) is 42.5 Å². The van der Waals surface area contributed by atoms with Crippen molar-refractivity contribution in [2.24, 2.45) is 11.7 Å². The maximum atomic E-state index is 15.3. The first-order valence-electron chi connectivity index (χ1n) is 13.6. The molecule has 1 heterocycles. The lowest BCUT2D eigenvalue weighted by molar-refractivity contribution is -0.125. The number of nitrogens with two attached hydrogens (primary N) is 1. The van der Waals surface area contributed by atoms with Gasteiger partial charge in [-0.1, -0.05) is 29.8 Å². The smallest absolute Gasteiger partial charge is 0.169 e. The monoisotopic (exact) mass is 528 g/mol. The van der Waals surface area contributed by atoms with E-state index in [4.69, 9.17) is 15.2 Å². The summed E-state index contributed by atoms with van der Waals surface area (Å²) in [4.78, 5) is 14.4. The van der Waals surface area contributed by atoms with E-state index in [1.54, 1.807) is 31.4 Å². The van der Waals surface area contributed by atoms with Gasteiger partial charge in [-0.15, -0.1) is 0 Å². The Balaban J connectivity index is 1.69. The Kier molecular flexibility index (Phi) is 9.21. The number of hydrogen-bond acceptors (Lipinski definition) is 7.